The first-order valence-corrected chi connectivity index (χ1v) is 3.86. The van der Waals surface area contributed by atoms with Gasteiger partial charge in [0.1, 0.15) is 0 Å². The Balaban J connectivity index is 0.00000112. The lowest BCUT2D eigenvalue weighted by Crippen LogP contribution is -2.04. The molecule has 0 saturated carbocycles. The Morgan fingerprint density at radius 3 is 2.60 bits per heavy atom. The van der Waals surface area contributed by atoms with E-state index >= 15 is 0 Å². The third-order valence-corrected chi connectivity index (χ3v) is 1.66. The average molecular weight is 208 g/mol. The maximum atomic E-state index is 8.83. The minimum absolute atomic E-state index is 0. The molecule has 0 radical (unpaired) electrons. The summed E-state index contributed by atoms with van der Waals surface area (Å²) in [6, 6.07) is 0. The van der Waals surface area contributed by atoms with E-state index < -0.39 is 0 Å². The van der Waals surface area contributed by atoms with E-state index in [0.29, 0.717) is 16.9 Å². The van der Waals surface area contributed by atoms with Crippen molar-refractivity contribution in [2.75, 3.05) is 11.5 Å². The van der Waals surface area contributed by atoms with Crippen molar-refractivity contribution in [3.05, 3.63) is 11.9 Å². The summed E-state index contributed by atoms with van der Waals surface area (Å²) in [6.45, 7) is -0.202. The van der Waals surface area contributed by atoms with Crippen molar-refractivity contribution in [3.8, 4) is 0 Å². The number of anilines is 2. The molecule has 2 heterocycles. The summed E-state index contributed by atoms with van der Waals surface area (Å²) in [7, 11) is 0. The molecule has 0 aliphatic heterocycles. The minimum Gasteiger partial charge on any atom is -0.390 e. The summed E-state index contributed by atoms with van der Waals surface area (Å²) in [4.78, 5) is 15.5. The third-order valence-electron chi connectivity index (χ3n) is 1.66. The summed E-state index contributed by atoms with van der Waals surface area (Å²) in [5, 5.41) is 8.83. The molecule has 0 fully saturated rings. The second-order valence-corrected chi connectivity index (χ2v) is 2.66. The van der Waals surface area contributed by atoms with Crippen LogP contribution in [0.15, 0.2) is 6.20 Å². The van der Waals surface area contributed by atoms with E-state index in [1.165, 1.54) is 6.20 Å². The van der Waals surface area contributed by atoms with Crippen LogP contribution in [0.2, 0.25) is 0 Å². The van der Waals surface area contributed by atoms with Crippen LogP contribution in [-0.4, -0.2) is 25.0 Å². The molecule has 0 unspecified atom stereocenters. The molecule has 5 N–H and O–H groups in total. The molecule has 7 nitrogen and oxygen atoms in total. The maximum Gasteiger partial charge on any atom is 0.224 e. The number of nitrogen functional groups attached to an aromatic ring is 2. The highest BCUT2D eigenvalue weighted by atomic mass is 16.3. The van der Waals surface area contributed by atoms with Gasteiger partial charge in [-0.05, 0) is 0 Å². The Bertz CT molecular complexity index is 486. The van der Waals surface area contributed by atoms with Crippen molar-refractivity contribution in [2.24, 2.45) is 0 Å². The van der Waals surface area contributed by atoms with Gasteiger partial charge in [0, 0.05) is 0 Å². The topological polar surface area (TPSA) is 124 Å². The van der Waals surface area contributed by atoms with Gasteiger partial charge in [0.2, 0.25) is 5.95 Å². The first-order chi connectivity index (χ1) is 6.70. The number of rotatable bonds is 1. The van der Waals surface area contributed by atoms with E-state index in [1.54, 1.807) is 0 Å². The number of nitrogens with two attached hydrogens (primary N) is 2. The Kier molecular flexibility index (Phi) is 2.96. The van der Waals surface area contributed by atoms with Crippen molar-refractivity contribution >= 4 is 22.9 Å². The fourth-order valence-electron chi connectivity index (χ4n) is 1.06. The Morgan fingerprint density at radius 1 is 1.20 bits per heavy atom. The fourth-order valence-corrected chi connectivity index (χ4v) is 1.06. The quantitative estimate of drug-likeness (QED) is 0.588. The monoisotopic (exact) mass is 208 g/mol. The molecule has 15 heavy (non-hydrogen) atoms. The molecule has 0 aliphatic carbocycles. The number of nitrogens with zero attached hydrogens (tertiary/aromatic N) is 4. The van der Waals surface area contributed by atoms with Crippen molar-refractivity contribution in [2.45, 2.75) is 14.0 Å². The molecule has 0 spiro atoms. The molecule has 2 rings (SSSR count). The molecular weight excluding hydrogens is 196 g/mol. The largest absolute Gasteiger partial charge is 0.390 e. The van der Waals surface area contributed by atoms with Crippen LogP contribution in [-0.2, 0) is 6.61 Å². The van der Waals surface area contributed by atoms with E-state index in [1.807, 2.05) is 0 Å². The van der Waals surface area contributed by atoms with Crippen molar-refractivity contribution in [1.82, 2.24) is 19.9 Å². The van der Waals surface area contributed by atoms with Gasteiger partial charge in [-0.2, -0.15) is 9.97 Å². The predicted octanol–water partition coefficient (Wildman–Crippen LogP) is -0.287. The fraction of sp³-hybridized carbons (Fsp3) is 0.250. The van der Waals surface area contributed by atoms with Gasteiger partial charge in [0.05, 0.1) is 18.5 Å². The molecule has 2 aromatic heterocycles. The molecule has 7 heteroatoms. The second kappa shape index (κ2) is 4.01. The number of fused-ring (bicyclic) bond motifs is 1. The molecule has 0 aromatic carbocycles. The van der Waals surface area contributed by atoms with Gasteiger partial charge in [-0.3, -0.25) is 0 Å². The summed E-state index contributed by atoms with van der Waals surface area (Å²) in [5.41, 5.74) is 12.0. The van der Waals surface area contributed by atoms with Gasteiger partial charge in [0.25, 0.3) is 0 Å². The minimum atomic E-state index is -0.202. The van der Waals surface area contributed by atoms with Crippen LogP contribution < -0.4 is 11.5 Å². The first-order valence-electron chi connectivity index (χ1n) is 3.86. The predicted molar refractivity (Wildman–Crippen MR) is 56.6 cm³/mol. The zero-order valence-electron chi connectivity index (χ0n) is 7.18. The van der Waals surface area contributed by atoms with Crippen LogP contribution in [0.25, 0.3) is 11.2 Å². The summed E-state index contributed by atoms with van der Waals surface area (Å²) in [6.07, 6.45) is 1.41. The first kappa shape index (κ1) is 11.1. The SMILES string of the molecule is C.Nc1nc(N)c2nc(CO)cnc2n1. The standard InChI is InChI=1S/C7H8N6O.CH4/c8-5-4-6(13-7(9)12-5)10-1-3(2-14)11-4;/h1,14H,2H2,(H4,8,9,10,12,13);1H4. The van der Waals surface area contributed by atoms with E-state index in [9.17, 15) is 0 Å². The van der Waals surface area contributed by atoms with Crippen LogP contribution in [0.5, 0.6) is 0 Å². The van der Waals surface area contributed by atoms with Crippen LogP contribution in [0.4, 0.5) is 11.8 Å². The molecule has 0 atom stereocenters. The molecule has 0 saturated heterocycles. The van der Waals surface area contributed by atoms with Crippen LogP contribution in [0, 0.1) is 0 Å². The molecule has 80 valence electrons. The second-order valence-electron chi connectivity index (χ2n) is 2.66. The molecule has 2 aromatic rings. The van der Waals surface area contributed by atoms with Gasteiger partial charge < -0.3 is 16.6 Å². The van der Waals surface area contributed by atoms with Crippen LogP contribution >= 0.6 is 0 Å². The molecule has 0 aliphatic rings. The lowest BCUT2D eigenvalue weighted by atomic mass is 10.4. The maximum absolute atomic E-state index is 8.83. The smallest absolute Gasteiger partial charge is 0.224 e. The Morgan fingerprint density at radius 2 is 1.93 bits per heavy atom. The zero-order chi connectivity index (χ0) is 10.1. The van der Waals surface area contributed by atoms with Gasteiger partial charge in [-0.25, -0.2) is 9.97 Å². The molecular formula is C8H12N6O. The number of aromatic nitrogens is 4. The molecule has 0 amide bonds. The van der Waals surface area contributed by atoms with E-state index in [-0.39, 0.29) is 25.8 Å². The number of hydrogen-bond donors (Lipinski definition) is 3. The number of aliphatic hydroxyl groups is 1. The van der Waals surface area contributed by atoms with Gasteiger partial charge >= 0.3 is 0 Å². The van der Waals surface area contributed by atoms with Crippen LogP contribution in [0.3, 0.4) is 0 Å². The van der Waals surface area contributed by atoms with Gasteiger partial charge in [-0.15, -0.1) is 0 Å². The summed E-state index contributed by atoms with van der Waals surface area (Å²) in [5.74, 6) is 0.219. The van der Waals surface area contributed by atoms with Gasteiger partial charge in [0.15, 0.2) is 17.0 Å². The lowest BCUT2D eigenvalue weighted by molar-refractivity contribution is 0.277. The summed E-state index contributed by atoms with van der Waals surface area (Å²) >= 11 is 0. The van der Waals surface area contributed by atoms with E-state index in [2.05, 4.69) is 19.9 Å². The lowest BCUT2D eigenvalue weighted by Gasteiger charge is -2.01. The van der Waals surface area contributed by atoms with E-state index in [0.717, 1.165) is 0 Å². The zero-order valence-corrected chi connectivity index (χ0v) is 7.18. The van der Waals surface area contributed by atoms with Crippen molar-refractivity contribution in [3.63, 3.8) is 0 Å². The highest BCUT2D eigenvalue weighted by Crippen LogP contribution is 2.14. The van der Waals surface area contributed by atoms with Crippen molar-refractivity contribution < 1.29 is 5.11 Å². The third kappa shape index (κ3) is 1.91. The summed E-state index contributed by atoms with van der Waals surface area (Å²) < 4.78 is 0. The van der Waals surface area contributed by atoms with Crippen molar-refractivity contribution in [1.29, 1.82) is 0 Å². The van der Waals surface area contributed by atoms with Crippen LogP contribution in [0.1, 0.15) is 13.1 Å². The van der Waals surface area contributed by atoms with Gasteiger partial charge in [-0.1, -0.05) is 7.43 Å². The molecule has 0 bridgehead atoms. The Labute approximate surface area is 86.2 Å². The van der Waals surface area contributed by atoms with E-state index in [4.69, 9.17) is 16.6 Å². The number of hydrogen-bond acceptors (Lipinski definition) is 7. The Hall–Kier alpha value is -2.02. The highest BCUT2D eigenvalue weighted by molar-refractivity contribution is 5.81. The average Bonchev–Trinajstić information content (AvgIpc) is 2.17. The number of aliphatic hydroxyl groups excluding tert-OH is 1. The normalized spacial score (nSPS) is 9.93. The highest BCUT2D eigenvalue weighted by Gasteiger charge is 2.06.